The van der Waals surface area contributed by atoms with Crippen molar-refractivity contribution >= 4 is 11.6 Å². The van der Waals surface area contributed by atoms with Crippen LogP contribution in [0.1, 0.15) is 22.6 Å². The molecule has 0 saturated heterocycles. The van der Waals surface area contributed by atoms with Gasteiger partial charge in [0, 0.05) is 36.7 Å². The van der Waals surface area contributed by atoms with Gasteiger partial charge in [-0.05, 0) is 17.2 Å². The van der Waals surface area contributed by atoms with E-state index in [1.165, 1.54) is 0 Å². The Bertz CT molecular complexity index is 1610. The number of aromatic nitrogens is 4. The molecule has 180 valence electrons. The second-order valence-electron chi connectivity index (χ2n) is 9.12. The van der Waals surface area contributed by atoms with Crippen molar-refractivity contribution in [3.8, 4) is 16.9 Å². The number of benzene rings is 3. The van der Waals surface area contributed by atoms with Crippen LogP contribution < -0.4 is 0 Å². The first-order valence-electron chi connectivity index (χ1n) is 12.1. The lowest BCUT2D eigenvalue weighted by atomic mass is 10.1. The van der Waals surface area contributed by atoms with Crippen molar-refractivity contribution in [1.29, 1.82) is 0 Å². The number of hydrogen-bond acceptors (Lipinski definition) is 3. The average molecular weight is 485 g/mol. The van der Waals surface area contributed by atoms with Crippen LogP contribution in [0.15, 0.2) is 97.6 Å². The van der Waals surface area contributed by atoms with Gasteiger partial charge in [-0.15, -0.1) is 0 Å². The van der Waals surface area contributed by atoms with E-state index in [1.54, 1.807) is 12.5 Å². The van der Waals surface area contributed by atoms with Gasteiger partial charge in [-0.3, -0.25) is 4.79 Å². The summed E-state index contributed by atoms with van der Waals surface area (Å²) in [5.74, 6) is 0.864. The van der Waals surface area contributed by atoms with E-state index in [1.807, 2.05) is 76.2 Å². The molecule has 3 heterocycles. The van der Waals surface area contributed by atoms with Crippen molar-refractivity contribution in [3.05, 3.63) is 132 Å². The molecule has 2 aromatic heterocycles. The fraction of sp³-hybridized carbons (Fsp3) is 0.133. The zero-order valence-electron chi connectivity index (χ0n) is 20.2. The maximum atomic E-state index is 13.6. The highest BCUT2D eigenvalue weighted by Gasteiger charge is 2.25. The first-order chi connectivity index (χ1) is 18.2. The molecule has 0 radical (unpaired) electrons. The Hall–Kier alpha value is -4.96. The van der Waals surface area contributed by atoms with Crippen molar-refractivity contribution in [2.24, 2.45) is 0 Å². The van der Waals surface area contributed by atoms with Gasteiger partial charge in [0.05, 0.1) is 37.2 Å². The van der Waals surface area contributed by atoms with Crippen LogP contribution in [-0.2, 0) is 30.8 Å². The number of para-hydroxylation sites is 1. The van der Waals surface area contributed by atoms with Crippen molar-refractivity contribution in [2.45, 2.75) is 26.1 Å². The molecule has 0 unspecified atom stereocenters. The fourth-order valence-electron chi connectivity index (χ4n) is 4.75. The lowest BCUT2D eigenvalue weighted by Gasteiger charge is -2.21. The summed E-state index contributed by atoms with van der Waals surface area (Å²) in [5, 5.41) is 0. The van der Waals surface area contributed by atoms with Crippen LogP contribution in [0.2, 0.25) is 0 Å². The summed E-state index contributed by atoms with van der Waals surface area (Å²) in [6.45, 7) is 8.67. The minimum absolute atomic E-state index is 0.0256. The second-order valence-corrected chi connectivity index (χ2v) is 9.12. The van der Waals surface area contributed by atoms with Gasteiger partial charge < -0.3 is 14.0 Å². The third-order valence-corrected chi connectivity index (χ3v) is 6.70. The first-order valence-corrected chi connectivity index (χ1v) is 12.1. The average Bonchev–Trinajstić information content (AvgIpc) is 3.52. The predicted octanol–water partition coefficient (Wildman–Crippen LogP) is 5.42. The van der Waals surface area contributed by atoms with Crippen LogP contribution in [0.3, 0.4) is 0 Å². The van der Waals surface area contributed by atoms with E-state index in [2.05, 4.69) is 32.7 Å². The summed E-state index contributed by atoms with van der Waals surface area (Å²) >= 11 is 0. The van der Waals surface area contributed by atoms with Crippen LogP contribution in [0.5, 0.6) is 0 Å². The highest BCUT2D eigenvalue weighted by Crippen LogP contribution is 2.28. The maximum Gasteiger partial charge on any atom is 0.229 e. The Morgan fingerprint density at radius 3 is 2.54 bits per heavy atom. The summed E-state index contributed by atoms with van der Waals surface area (Å²) in [6.07, 6.45) is 5.81. The Kier molecular flexibility index (Phi) is 5.83. The number of imidazole rings is 2. The minimum atomic E-state index is 0.0256. The standard InChI is InChI=1S/C30H24N6O/c1-31-25-13-11-22(12-14-25)17-35-21-32-16-26(35)15-30(37)34-18-24-9-5-6-10-28(24)36-19-27(33-29(36)20-34)23-7-3-2-4-8-23/h2-14,16,19,21H,15,17-18,20H2. The van der Waals surface area contributed by atoms with Gasteiger partial charge in [-0.25, -0.2) is 14.8 Å². The molecule has 0 N–H and O–H groups in total. The monoisotopic (exact) mass is 484 g/mol. The third kappa shape index (κ3) is 4.53. The van der Waals surface area contributed by atoms with Gasteiger partial charge in [-0.1, -0.05) is 72.8 Å². The smallest absolute Gasteiger partial charge is 0.229 e. The van der Waals surface area contributed by atoms with Crippen molar-refractivity contribution < 1.29 is 4.79 Å². The first kappa shape index (κ1) is 22.5. The summed E-state index contributed by atoms with van der Waals surface area (Å²) in [5.41, 5.74) is 6.59. The molecule has 1 aliphatic rings. The van der Waals surface area contributed by atoms with E-state index in [9.17, 15) is 4.79 Å². The number of carbonyl (C=O) groups excluding carboxylic acids is 1. The van der Waals surface area contributed by atoms with Gasteiger partial charge in [0.2, 0.25) is 5.91 Å². The van der Waals surface area contributed by atoms with Crippen LogP contribution in [-0.4, -0.2) is 29.9 Å². The summed E-state index contributed by atoms with van der Waals surface area (Å²) in [4.78, 5) is 28.2. The molecule has 7 nitrogen and oxygen atoms in total. The maximum absolute atomic E-state index is 13.6. The molecule has 1 aliphatic heterocycles. The topological polar surface area (TPSA) is 60.3 Å². The van der Waals surface area contributed by atoms with Gasteiger partial charge in [0.15, 0.2) is 5.69 Å². The van der Waals surface area contributed by atoms with Crippen LogP contribution in [0.4, 0.5) is 5.69 Å². The zero-order valence-corrected chi connectivity index (χ0v) is 20.2. The van der Waals surface area contributed by atoms with Crippen LogP contribution in [0, 0.1) is 6.57 Å². The second kappa shape index (κ2) is 9.59. The summed E-state index contributed by atoms with van der Waals surface area (Å²) in [7, 11) is 0. The molecule has 3 aromatic carbocycles. The summed E-state index contributed by atoms with van der Waals surface area (Å²) in [6, 6.07) is 25.8. The Labute approximate surface area is 215 Å². The number of hydrogen-bond donors (Lipinski definition) is 0. The Balaban J connectivity index is 1.27. The number of rotatable bonds is 5. The van der Waals surface area contributed by atoms with Crippen LogP contribution in [0.25, 0.3) is 21.8 Å². The molecule has 7 heteroatoms. The number of carbonyl (C=O) groups is 1. The van der Waals surface area contributed by atoms with Gasteiger partial charge in [0.1, 0.15) is 5.82 Å². The van der Waals surface area contributed by atoms with E-state index in [-0.39, 0.29) is 12.3 Å². The van der Waals surface area contributed by atoms with E-state index in [0.29, 0.717) is 25.3 Å². The molecule has 37 heavy (non-hydrogen) atoms. The van der Waals surface area contributed by atoms with Gasteiger partial charge >= 0.3 is 0 Å². The Morgan fingerprint density at radius 2 is 1.73 bits per heavy atom. The number of nitrogens with zero attached hydrogens (tertiary/aromatic N) is 6. The van der Waals surface area contributed by atoms with E-state index < -0.39 is 0 Å². The normalized spacial score (nSPS) is 12.4. The van der Waals surface area contributed by atoms with Gasteiger partial charge in [0.25, 0.3) is 0 Å². The van der Waals surface area contributed by atoms with Crippen molar-refractivity contribution in [1.82, 2.24) is 24.0 Å². The number of amides is 1. The SMILES string of the molecule is [C-]#[N+]c1ccc(Cn2cncc2CC(=O)N2Cc3ccccc3-n3cc(-c4ccccc4)nc3C2)cc1. The largest absolute Gasteiger partial charge is 0.330 e. The highest BCUT2D eigenvalue weighted by molar-refractivity contribution is 5.78. The highest BCUT2D eigenvalue weighted by atomic mass is 16.2. The molecule has 0 spiro atoms. The third-order valence-electron chi connectivity index (χ3n) is 6.70. The molecule has 0 atom stereocenters. The van der Waals surface area contributed by atoms with Crippen molar-refractivity contribution in [2.75, 3.05) is 0 Å². The van der Waals surface area contributed by atoms with E-state index in [4.69, 9.17) is 11.6 Å². The van der Waals surface area contributed by atoms with Crippen molar-refractivity contribution in [3.63, 3.8) is 0 Å². The molecule has 5 aromatic rings. The lowest BCUT2D eigenvalue weighted by Crippen LogP contribution is -2.31. The predicted molar refractivity (Wildman–Crippen MR) is 141 cm³/mol. The number of fused-ring (bicyclic) bond motifs is 3. The zero-order chi connectivity index (χ0) is 25.2. The molecule has 6 rings (SSSR count). The molecule has 0 aliphatic carbocycles. The fourth-order valence-corrected chi connectivity index (χ4v) is 4.75. The van der Waals surface area contributed by atoms with Gasteiger partial charge in [-0.2, -0.15) is 0 Å². The van der Waals surface area contributed by atoms with Crippen LogP contribution >= 0.6 is 0 Å². The molecule has 0 bridgehead atoms. The molecular formula is C30H24N6O. The summed E-state index contributed by atoms with van der Waals surface area (Å²) < 4.78 is 4.10. The molecule has 0 fully saturated rings. The van der Waals surface area contributed by atoms with E-state index >= 15 is 0 Å². The van der Waals surface area contributed by atoms with E-state index in [0.717, 1.165) is 39.6 Å². The minimum Gasteiger partial charge on any atom is -0.330 e. The lowest BCUT2D eigenvalue weighted by molar-refractivity contribution is -0.131. The molecule has 0 saturated carbocycles. The Morgan fingerprint density at radius 1 is 0.946 bits per heavy atom. The molecular weight excluding hydrogens is 460 g/mol. The molecule has 1 amide bonds. The quantitative estimate of drug-likeness (QED) is 0.313.